The summed E-state index contributed by atoms with van der Waals surface area (Å²) in [6.45, 7) is 3.71. The number of fused-ring (bicyclic) bond motifs is 1. The standard InChI is InChI=1S/C57H48N3OP/c1-62(2,61)53-37-36-50(51-18-10-11-19-52(51)53)44-28-32-48(33-29-44)57(38-12-5-13-39-57)49-34-30-47(31-35-49)56-59-54(45-24-20-42(21-25-45)40-14-6-3-7-15-40)58-55(60-56)46-26-22-43(23-27-46)41-16-8-4-9-17-41/h3-4,6-11,14-37H,5,12-13,38-39H2,1-2H3. The summed E-state index contributed by atoms with van der Waals surface area (Å²) >= 11 is 0. The van der Waals surface area contributed by atoms with Crippen LogP contribution in [0, 0.1) is 0 Å². The van der Waals surface area contributed by atoms with Gasteiger partial charge in [0, 0.05) is 27.4 Å². The van der Waals surface area contributed by atoms with Gasteiger partial charge < -0.3 is 4.57 Å². The highest BCUT2D eigenvalue weighted by molar-refractivity contribution is 7.70. The molecular formula is C57H48N3OP. The fourth-order valence-corrected chi connectivity index (χ4v) is 10.7. The zero-order valence-electron chi connectivity index (χ0n) is 35.2. The van der Waals surface area contributed by atoms with Gasteiger partial charge in [0.1, 0.15) is 7.14 Å². The number of hydrogen-bond acceptors (Lipinski definition) is 4. The van der Waals surface area contributed by atoms with E-state index in [-0.39, 0.29) is 5.41 Å². The van der Waals surface area contributed by atoms with E-state index in [1.165, 1.54) is 52.6 Å². The molecular weight excluding hydrogens is 774 g/mol. The Morgan fingerprint density at radius 3 is 1.19 bits per heavy atom. The molecule has 0 unspecified atom stereocenters. The van der Waals surface area contributed by atoms with Crippen LogP contribution in [0.2, 0.25) is 0 Å². The van der Waals surface area contributed by atoms with Crippen LogP contribution in [0.15, 0.2) is 194 Å². The van der Waals surface area contributed by atoms with Crippen LogP contribution in [0.25, 0.3) is 78.3 Å². The predicted octanol–water partition coefficient (Wildman–Crippen LogP) is 14.5. The summed E-state index contributed by atoms with van der Waals surface area (Å²) in [5, 5.41) is 3.16. The molecule has 1 heterocycles. The van der Waals surface area contributed by atoms with Crippen molar-refractivity contribution in [1.29, 1.82) is 0 Å². The lowest BCUT2D eigenvalue weighted by Gasteiger charge is -2.39. The molecule has 0 N–H and O–H groups in total. The average Bonchev–Trinajstić information content (AvgIpc) is 3.34. The van der Waals surface area contributed by atoms with E-state index in [1.54, 1.807) is 0 Å². The molecule has 1 aliphatic rings. The van der Waals surface area contributed by atoms with Crippen LogP contribution in [-0.4, -0.2) is 28.3 Å². The van der Waals surface area contributed by atoms with Gasteiger partial charge in [0.05, 0.1) is 0 Å². The van der Waals surface area contributed by atoms with Crippen LogP contribution in [0.1, 0.15) is 43.2 Å². The van der Waals surface area contributed by atoms with Crippen LogP contribution in [0.3, 0.4) is 0 Å². The fraction of sp³-hybridized carbons (Fsp3) is 0.140. The maximum Gasteiger partial charge on any atom is 0.164 e. The molecule has 1 aromatic heterocycles. The number of nitrogens with zero attached hydrogens (tertiary/aromatic N) is 3. The number of rotatable bonds is 9. The summed E-state index contributed by atoms with van der Waals surface area (Å²) in [5.41, 5.74) is 12.4. The average molecular weight is 822 g/mol. The van der Waals surface area contributed by atoms with Gasteiger partial charge in [-0.15, -0.1) is 0 Å². The summed E-state index contributed by atoms with van der Waals surface area (Å²) in [6, 6.07) is 68.7. The number of aromatic nitrogens is 3. The van der Waals surface area contributed by atoms with Crippen LogP contribution >= 0.6 is 7.14 Å². The Bertz CT molecular complexity index is 2940. The minimum absolute atomic E-state index is 0.0886. The molecule has 4 nitrogen and oxygen atoms in total. The van der Waals surface area contributed by atoms with E-state index in [9.17, 15) is 4.57 Å². The van der Waals surface area contributed by atoms with E-state index in [2.05, 4.69) is 176 Å². The maximum absolute atomic E-state index is 13.2. The van der Waals surface area contributed by atoms with Crippen molar-refractivity contribution < 1.29 is 4.57 Å². The summed E-state index contributed by atoms with van der Waals surface area (Å²) in [7, 11) is -2.44. The van der Waals surface area contributed by atoms with Gasteiger partial charge in [-0.05, 0) is 81.5 Å². The molecule has 0 atom stereocenters. The van der Waals surface area contributed by atoms with Crippen molar-refractivity contribution in [3.05, 3.63) is 205 Å². The first kappa shape index (κ1) is 39.4. The molecule has 1 fully saturated rings. The molecule has 9 aromatic rings. The van der Waals surface area contributed by atoms with Crippen molar-refractivity contribution >= 4 is 23.2 Å². The van der Waals surface area contributed by atoms with Crippen molar-refractivity contribution in [2.45, 2.75) is 37.5 Å². The molecule has 62 heavy (non-hydrogen) atoms. The summed E-state index contributed by atoms with van der Waals surface area (Å²) in [4.78, 5) is 15.3. The third-order valence-corrected chi connectivity index (χ3v) is 14.3. The molecule has 0 aliphatic heterocycles. The lowest BCUT2D eigenvalue weighted by Crippen LogP contribution is -2.30. The molecule has 0 bridgehead atoms. The highest BCUT2D eigenvalue weighted by atomic mass is 31.2. The van der Waals surface area contributed by atoms with Crippen molar-refractivity contribution in [2.75, 3.05) is 13.3 Å². The summed E-state index contributed by atoms with van der Waals surface area (Å²) in [5.74, 6) is 1.94. The summed E-state index contributed by atoms with van der Waals surface area (Å²) in [6.07, 6.45) is 5.84. The van der Waals surface area contributed by atoms with Crippen LogP contribution in [0.4, 0.5) is 0 Å². The van der Waals surface area contributed by atoms with Gasteiger partial charge in [-0.1, -0.05) is 213 Å². The molecule has 0 amide bonds. The predicted molar refractivity (Wildman–Crippen MR) is 259 cm³/mol. The molecule has 0 radical (unpaired) electrons. The molecule has 302 valence electrons. The Kier molecular flexibility index (Phi) is 10.6. The van der Waals surface area contributed by atoms with E-state index in [0.29, 0.717) is 17.5 Å². The molecule has 0 saturated heterocycles. The Hall–Kier alpha value is -6.74. The molecule has 1 saturated carbocycles. The largest absolute Gasteiger partial charge is 0.319 e. The van der Waals surface area contributed by atoms with E-state index < -0.39 is 7.14 Å². The quantitative estimate of drug-likeness (QED) is 0.136. The topological polar surface area (TPSA) is 55.7 Å². The first-order chi connectivity index (χ1) is 30.3. The second-order valence-corrected chi connectivity index (χ2v) is 20.2. The minimum Gasteiger partial charge on any atom is -0.319 e. The van der Waals surface area contributed by atoms with Crippen LogP contribution in [-0.2, 0) is 9.98 Å². The number of hydrogen-bond donors (Lipinski definition) is 0. The van der Waals surface area contributed by atoms with Gasteiger partial charge in [0.2, 0.25) is 0 Å². The lowest BCUT2D eigenvalue weighted by atomic mass is 9.65. The van der Waals surface area contributed by atoms with Gasteiger partial charge in [0.15, 0.2) is 17.5 Å². The Balaban J connectivity index is 1.00. The monoisotopic (exact) mass is 821 g/mol. The molecule has 10 rings (SSSR count). The van der Waals surface area contributed by atoms with Crippen molar-refractivity contribution in [3.63, 3.8) is 0 Å². The Morgan fingerprint density at radius 2 is 0.742 bits per heavy atom. The fourth-order valence-electron chi connectivity index (χ4n) is 9.46. The molecule has 1 aliphatic carbocycles. The first-order valence-electron chi connectivity index (χ1n) is 21.7. The minimum atomic E-state index is -2.44. The molecule has 5 heteroatoms. The van der Waals surface area contributed by atoms with Crippen molar-refractivity contribution in [2.24, 2.45) is 0 Å². The van der Waals surface area contributed by atoms with E-state index in [0.717, 1.165) is 56.7 Å². The third-order valence-electron chi connectivity index (χ3n) is 12.8. The van der Waals surface area contributed by atoms with Crippen LogP contribution in [0.5, 0.6) is 0 Å². The van der Waals surface area contributed by atoms with Gasteiger partial charge in [-0.2, -0.15) is 0 Å². The molecule has 0 spiro atoms. The van der Waals surface area contributed by atoms with Crippen molar-refractivity contribution in [3.8, 4) is 67.5 Å². The van der Waals surface area contributed by atoms with E-state index in [1.807, 2.05) is 31.5 Å². The second kappa shape index (κ2) is 16.6. The van der Waals surface area contributed by atoms with Gasteiger partial charge in [-0.25, -0.2) is 15.0 Å². The third kappa shape index (κ3) is 7.72. The van der Waals surface area contributed by atoms with Gasteiger partial charge in [-0.3, -0.25) is 0 Å². The van der Waals surface area contributed by atoms with E-state index >= 15 is 0 Å². The van der Waals surface area contributed by atoms with Crippen molar-refractivity contribution in [1.82, 2.24) is 15.0 Å². The smallest absolute Gasteiger partial charge is 0.164 e. The first-order valence-corrected chi connectivity index (χ1v) is 24.3. The van der Waals surface area contributed by atoms with Gasteiger partial charge in [0.25, 0.3) is 0 Å². The summed E-state index contributed by atoms with van der Waals surface area (Å²) < 4.78 is 13.2. The highest BCUT2D eigenvalue weighted by Crippen LogP contribution is 2.46. The maximum atomic E-state index is 13.2. The Labute approximate surface area is 364 Å². The highest BCUT2D eigenvalue weighted by Gasteiger charge is 2.36. The van der Waals surface area contributed by atoms with E-state index in [4.69, 9.17) is 15.0 Å². The number of benzene rings is 8. The molecule has 8 aromatic carbocycles. The zero-order valence-corrected chi connectivity index (χ0v) is 36.1. The van der Waals surface area contributed by atoms with Crippen LogP contribution < -0.4 is 5.30 Å². The normalized spacial score (nSPS) is 13.8. The SMILES string of the molecule is CP(C)(=O)c1ccc(-c2ccc(C3(c4ccc(-c5nc(-c6ccc(-c7ccccc7)cc6)nc(-c6ccc(-c7ccccc7)cc6)n5)cc4)CCCCC3)cc2)c2ccccc12. The zero-order chi connectivity index (χ0) is 42.1. The van der Waals surface area contributed by atoms with Gasteiger partial charge >= 0.3 is 0 Å². The second-order valence-electron chi connectivity index (χ2n) is 17.0. The lowest BCUT2D eigenvalue weighted by molar-refractivity contribution is 0.346. The Morgan fingerprint density at radius 1 is 0.371 bits per heavy atom.